The molecule has 0 radical (unpaired) electrons. The summed E-state index contributed by atoms with van der Waals surface area (Å²) in [6.07, 6.45) is 1.43. The van der Waals surface area contributed by atoms with Gasteiger partial charge in [0.05, 0.1) is 0 Å². The first kappa shape index (κ1) is 13.2. The van der Waals surface area contributed by atoms with Crippen molar-refractivity contribution in [2.75, 3.05) is 24.3 Å². The minimum Gasteiger partial charge on any atom is -0.366 e. The Kier molecular flexibility index (Phi) is 3.89. The Morgan fingerprint density at radius 3 is 2.63 bits per heavy atom. The van der Waals surface area contributed by atoms with Crippen molar-refractivity contribution in [2.45, 2.75) is 6.54 Å². The van der Waals surface area contributed by atoms with E-state index >= 15 is 0 Å². The monoisotopic (exact) mass is 264 g/mol. The van der Waals surface area contributed by atoms with Crippen LogP contribution in [0.3, 0.4) is 0 Å². The van der Waals surface area contributed by atoms with Crippen LogP contribution in [-0.2, 0) is 6.54 Å². The number of rotatable bonds is 4. The smallest absolute Gasteiger partial charge is 0.133 e. The highest BCUT2D eigenvalue weighted by Gasteiger charge is 2.05. The van der Waals surface area contributed by atoms with Crippen molar-refractivity contribution in [3.63, 3.8) is 0 Å². The molecule has 0 unspecified atom stereocenters. The van der Waals surface area contributed by atoms with Crippen LogP contribution in [0.5, 0.6) is 0 Å². The van der Waals surface area contributed by atoms with Crippen LogP contribution in [0.1, 0.15) is 5.56 Å². The second-order valence-corrected chi connectivity index (χ2v) is 4.25. The minimum atomic E-state index is -0.585. The first-order valence-corrected chi connectivity index (χ1v) is 5.73. The van der Waals surface area contributed by atoms with Crippen LogP contribution in [0.15, 0.2) is 30.6 Å². The molecule has 0 spiro atoms. The molecule has 1 heterocycles. The molecule has 0 aliphatic rings. The zero-order valence-electron chi connectivity index (χ0n) is 10.7. The molecule has 2 rings (SSSR count). The van der Waals surface area contributed by atoms with E-state index < -0.39 is 11.6 Å². The van der Waals surface area contributed by atoms with E-state index in [4.69, 9.17) is 0 Å². The lowest BCUT2D eigenvalue weighted by atomic mass is 10.2. The second-order valence-electron chi connectivity index (χ2n) is 4.25. The van der Waals surface area contributed by atoms with Crippen molar-refractivity contribution in [2.24, 2.45) is 0 Å². The Hall–Kier alpha value is -2.24. The van der Waals surface area contributed by atoms with Gasteiger partial charge in [-0.25, -0.2) is 18.7 Å². The maximum absolute atomic E-state index is 13.4. The van der Waals surface area contributed by atoms with Gasteiger partial charge in [0, 0.05) is 38.3 Å². The molecular weight excluding hydrogens is 250 g/mol. The zero-order chi connectivity index (χ0) is 13.8. The van der Waals surface area contributed by atoms with E-state index in [0.29, 0.717) is 11.4 Å². The normalized spacial score (nSPS) is 10.3. The van der Waals surface area contributed by atoms with Gasteiger partial charge in [0.2, 0.25) is 0 Å². The van der Waals surface area contributed by atoms with Crippen molar-refractivity contribution in [3.8, 4) is 0 Å². The molecule has 0 atom stereocenters. The summed E-state index contributed by atoms with van der Waals surface area (Å²) in [5.74, 6) is 0.173. The molecular formula is C13H14F2N4. The van der Waals surface area contributed by atoms with Gasteiger partial charge < -0.3 is 10.2 Å². The van der Waals surface area contributed by atoms with Crippen LogP contribution >= 0.6 is 0 Å². The SMILES string of the molecule is CN(C)c1cc(NCc2ccc(F)cc2F)ncn1. The van der Waals surface area contributed by atoms with E-state index in [-0.39, 0.29) is 6.54 Å². The number of nitrogens with zero attached hydrogens (tertiary/aromatic N) is 3. The van der Waals surface area contributed by atoms with Crippen molar-refractivity contribution >= 4 is 11.6 Å². The largest absolute Gasteiger partial charge is 0.366 e. The lowest BCUT2D eigenvalue weighted by molar-refractivity contribution is 0.574. The van der Waals surface area contributed by atoms with Crippen LogP contribution in [-0.4, -0.2) is 24.1 Å². The summed E-state index contributed by atoms with van der Waals surface area (Å²) < 4.78 is 26.2. The van der Waals surface area contributed by atoms with Crippen molar-refractivity contribution in [1.29, 1.82) is 0 Å². The molecule has 1 aromatic heterocycles. The highest BCUT2D eigenvalue weighted by Crippen LogP contribution is 2.14. The maximum Gasteiger partial charge on any atom is 0.133 e. The number of halogens is 2. The minimum absolute atomic E-state index is 0.232. The second kappa shape index (κ2) is 5.60. The maximum atomic E-state index is 13.4. The van der Waals surface area contributed by atoms with Crippen molar-refractivity contribution < 1.29 is 8.78 Å². The predicted octanol–water partition coefficient (Wildman–Crippen LogP) is 2.43. The van der Waals surface area contributed by atoms with Crippen LogP contribution in [0.25, 0.3) is 0 Å². The molecule has 2 aromatic rings. The van der Waals surface area contributed by atoms with Crippen LogP contribution in [0.4, 0.5) is 20.4 Å². The van der Waals surface area contributed by atoms with Gasteiger partial charge in [-0.05, 0) is 6.07 Å². The summed E-state index contributed by atoms with van der Waals surface area (Å²) in [4.78, 5) is 9.95. The Morgan fingerprint density at radius 2 is 1.95 bits per heavy atom. The number of hydrogen-bond donors (Lipinski definition) is 1. The summed E-state index contributed by atoms with van der Waals surface area (Å²) in [5, 5.41) is 2.98. The Balaban J connectivity index is 2.08. The standard InChI is InChI=1S/C13H14F2N4/c1-19(2)13-6-12(17-8-18-13)16-7-9-3-4-10(14)5-11(9)15/h3-6,8H,7H2,1-2H3,(H,16,17,18). The summed E-state index contributed by atoms with van der Waals surface area (Å²) >= 11 is 0. The van der Waals surface area contributed by atoms with Crippen molar-refractivity contribution in [1.82, 2.24) is 9.97 Å². The molecule has 0 aliphatic heterocycles. The van der Waals surface area contributed by atoms with E-state index in [9.17, 15) is 8.78 Å². The van der Waals surface area contributed by atoms with Crippen LogP contribution in [0.2, 0.25) is 0 Å². The van der Waals surface area contributed by atoms with E-state index in [2.05, 4.69) is 15.3 Å². The lowest BCUT2D eigenvalue weighted by Crippen LogP contribution is -2.12. The molecule has 0 amide bonds. The first-order chi connectivity index (χ1) is 9.06. The number of nitrogens with one attached hydrogen (secondary N) is 1. The molecule has 1 aromatic carbocycles. The fraction of sp³-hybridized carbons (Fsp3) is 0.231. The molecule has 0 bridgehead atoms. The molecule has 1 N–H and O–H groups in total. The summed E-state index contributed by atoms with van der Waals surface area (Å²) in [7, 11) is 3.73. The molecule has 0 aliphatic carbocycles. The average molecular weight is 264 g/mol. The van der Waals surface area contributed by atoms with Gasteiger partial charge in [-0.15, -0.1) is 0 Å². The van der Waals surface area contributed by atoms with Crippen LogP contribution in [0, 0.1) is 11.6 Å². The number of anilines is 2. The summed E-state index contributed by atoms with van der Waals surface area (Å²) in [5.41, 5.74) is 0.381. The van der Waals surface area contributed by atoms with Crippen molar-refractivity contribution in [3.05, 3.63) is 47.8 Å². The molecule has 0 saturated heterocycles. The predicted molar refractivity (Wildman–Crippen MR) is 70.0 cm³/mol. The van der Waals surface area contributed by atoms with Gasteiger partial charge in [-0.1, -0.05) is 6.07 Å². The van der Waals surface area contributed by atoms with Gasteiger partial charge in [-0.3, -0.25) is 0 Å². The fourth-order valence-electron chi connectivity index (χ4n) is 1.54. The van der Waals surface area contributed by atoms with Crippen LogP contribution < -0.4 is 10.2 Å². The third-order valence-corrected chi connectivity index (χ3v) is 2.59. The van der Waals surface area contributed by atoms with Gasteiger partial charge in [-0.2, -0.15) is 0 Å². The van der Waals surface area contributed by atoms with E-state index in [0.717, 1.165) is 11.9 Å². The van der Waals surface area contributed by atoms with Gasteiger partial charge >= 0.3 is 0 Å². The Labute approximate surface area is 110 Å². The van der Waals surface area contributed by atoms with Gasteiger partial charge in [0.1, 0.15) is 29.6 Å². The van der Waals surface area contributed by atoms with E-state index in [1.807, 2.05) is 19.0 Å². The lowest BCUT2D eigenvalue weighted by Gasteiger charge is -2.12. The Morgan fingerprint density at radius 1 is 1.16 bits per heavy atom. The fourth-order valence-corrected chi connectivity index (χ4v) is 1.54. The summed E-state index contributed by atoms with van der Waals surface area (Å²) in [6.45, 7) is 0.232. The molecule has 0 fully saturated rings. The first-order valence-electron chi connectivity index (χ1n) is 5.73. The van der Waals surface area contributed by atoms with Gasteiger partial charge in [0.15, 0.2) is 0 Å². The quantitative estimate of drug-likeness (QED) is 0.920. The number of hydrogen-bond acceptors (Lipinski definition) is 4. The highest BCUT2D eigenvalue weighted by molar-refractivity contribution is 5.47. The average Bonchev–Trinajstić information content (AvgIpc) is 2.38. The third-order valence-electron chi connectivity index (χ3n) is 2.59. The number of aromatic nitrogens is 2. The molecule has 6 heteroatoms. The zero-order valence-corrected chi connectivity index (χ0v) is 10.7. The molecule has 4 nitrogen and oxygen atoms in total. The third kappa shape index (κ3) is 3.37. The summed E-state index contributed by atoms with van der Waals surface area (Å²) in [6, 6.07) is 5.25. The molecule has 19 heavy (non-hydrogen) atoms. The topological polar surface area (TPSA) is 41.0 Å². The van der Waals surface area contributed by atoms with Gasteiger partial charge in [0.25, 0.3) is 0 Å². The number of benzene rings is 1. The molecule has 0 saturated carbocycles. The Bertz CT molecular complexity index is 572. The van der Waals surface area contributed by atoms with E-state index in [1.165, 1.54) is 18.5 Å². The molecule has 100 valence electrons. The van der Waals surface area contributed by atoms with E-state index in [1.54, 1.807) is 6.07 Å². The highest BCUT2D eigenvalue weighted by atomic mass is 19.1.